The van der Waals surface area contributed by atoms with Gasteiger partial charge in [-0.2, -0.15) is 0 Å². The summed E-state index contributed by atoms with van der Waals surface area (Å²) >= 11 is 0. The quantitative estimate of drug-likeness (QED) is 0.666. The Labute approximate surface area is 165 Å². The van der Waals surface area contributed by atoms with Crippen molar-refractivity contribution in [3.8, 4) is 0 Å². The maximum absolute atomic E-state index is 13.1. The second-order valence-electron chi connectivity index (χ2n) is 6.59. The third-order valence-electron chi connectivity index (χ3n) is 4.37. The fourth-order valence-corrected chi connectivity index (χ4v) is 3.65. The van der Waals surface area contributed by atoms with Crippen LogP contribution in [0.15, 0.2) is 78.9 Å². The van der Waals surface area contributed by atoms with E-state index in [9.17, 15) is 13.2 Å². The number of benzene rings is 3. The summed E-state index contributed by atoms with van der Waals surface area (Å²) in [7, 11) is -3.50. The minimum atomic E-state index is -3.50. The van der Waals surface area contributed by atoms with Gasteiger partial charge in [0.1, 0.15) is 0 Å². The van der Waals surface area contributed by atoms with Gasteiger partial charge in [-0.3, -0.25) is 9.52 Å². The topological polar surface area (TPSA) is 75.3 Å². The fourth-order valence-electron chi connectivity index (χ4n) is 3.08. The molecule has 2 N–H and O–H groups in total. The van der Waals surface area contributed by atoms with Crippen LogP contribution in [0, 0.1) is 6.92 Å². The summed E-state index contributed by atoms with van der Waals surface area (Å²) in [6, 6.07) is 23.7. The lowest BCUT2D eigenvalue weighted by atomic mass is 9.94. The summed E-state index contributed by atoms with van der Waals surface area (Å²) in [5.74, 6) is -0.358. The number of sulfonamides is 1. The van der Waals surface area contributed by atoms with Gasteiger partial charge in [0.25, 0.3) is 5.91 Å². The third-order valence-corrected chi connectivity index (χ3v) is 4.97. The summed E-state index contributed by atoms with van der Waals surface area (Å²) in [6.45, 7) is 2.00. The number of hydrogen-bond acceptors (Lipinski definition) is 3. The molecule has 0 saturated heterocycles. The number of amides is 1. The molecular formula is C22H22N2O3S. The van der Waals surface area contributed by atoms with E-state index in [4.69, 9.17) is 0 Å². The van der Waals surface area contributed by atoms with Crippen molar-refractivity contribution in [2.24, 2.45) is 0 Å². The molecule has 1 amide bonds. The largest absolute Gasteiger partial charge is 0.341 e. The highest BCUT2D eigenvalue weighted by Crippen LogP contribution is 2.26. The number of para-hydroxylation sites is 1. The van der Waals surface area contributed by atoms with Crippen molar-refractivity contribution in [3.63, 3.8) is 0 Å². The molecule has 5 nitrogen and oxygen atoms in total. The fraction of sp³-hybridized carbons (Fsp3) is 0.136. The first-order chi connectivity index (χ1) is 13.3. The number of nitrogens with one attached hydrogen (secondary N) is 2. The van der Waals surface area contributed by atoms with E-state index in [1.165, 1.54) is 0 Å². The number of carbonyl (C=O) groups is 1. The molecule has 3 aromatic rings. The van der Waals surface area contributed by atoms with E-state index in [1.54, 1.807) is 24.3 Å². The van der Waals surface area contributed by atoms with Crippen LogP contribution in [0.4, 0.5) is 5.69 Å². The molecule has 3 rings (SSSR count). The lowest BCUT2D eigenvalue weighted by Crippen LogP contribution is -2.30. The number of carbonyl (C=O) groups excluding carboxylic acids is 1. The van der Waals surface area contributed by atoms with Crippen LogP contribution in [-0.4, -0.2) is 20.6 Å². The minimum absolute atomic E-state index is 0.249. The summed E-state index contributed by atoms with van der Waals surface area (Å²) in [6.07, 6.45) is 1.06. The average molecular weight is 394 g/mol. The highest BCUT2D eigenvalue weighted by molar-refractivity contribution is 7.92. The molecule has 28 heavy (non-hydrogen) atoms. The van der Waals surface area contributed by atoms with E-state index in [-0.39, 0.29) is 23.2 Å². The second kappa shape index (κ2) is 8.27. The summed E-state index contributed by atoms with van der Waals surface area (Å²) < 4.78 is 25.7. The molecule has 6 heteroatoms. The van der Waals surface area contributed by atoms with Gasteiger partial charge in [-0.05, 0) is 35.7 Å². The number of hydrogen-bond donors (Lipinski definition) is 2. The molecule has 0 aliphatic heterocycles. The van der Waals surface area contributed by atoms with E-state index in [0.717, 1.165) is 22.9 Å². The molecule has 1 atom stereocenters. The molecular weight excluding hydrogens is 372 g/mol. The van der Waals surface area contributed by atoms with Crippen LogP contribution in [0.1, 0.15) is 33.1 Å². The lowest BCUT2D eigenvalue weighted by Gasteiger charge is -2.22. The van der Waals surface area contributed by atoms with Gasteiger partial charge in [0, 0.05) is 0 Å². The molecule has 0 bridgehead atoms. The standard InChI is InChI=1S/C22H22N2O3S/c1-16-10-6-7-13-18(16)21(17-11-4-3-5-12-17)23-22(25)19-14-8-9-15-20(19)24-28(2,26)27/h3-15,21,24H,1-2H3,(H,23,25)/t21-/m1/s1. The van der Waals surface area contributed by atoms with Crippen LogP contribution >= 0.6 is 0 Å². The molecule has 0 saturated carbocycles. The first-order valence-corrected chi connectivity index (χ1v) is 10.7. The molecule has 3 aromatic carbocycles. The molecule has 144 valence electrons. The van der Waals surface area contributed by atoms with Crippen molar-refractivity contribution in [1.82, 2.24) is 5.32 Å². The van der Waals surface area contributed by atoms with E-state index in [0.29, 0.717) is 0 Å². The maximum atomic E-state index is 13.1. The summed E-state index contributed by atoms with van der Waals surface area (Å²) in [5.41, 5.74) is 3.50. The van der Waals surface area contributed by atoms with Crippen LogP contribution in [0.3, 0.4) is 0 Å². The van der Waals surface area contributed by atoms with Gasteiger partial charge < -0.3 is 5.32 Å². The molecule has 0 aliphatic rings. The Morgan fingerprint density at radius 3 is 2.14 bits per heavy atom. The van der Waals surface area contributed by atoms with E-state index in [1.807, 2.05) is 61.5 Å². The molecule has 0 unspecified atom stereocenters. The Morgan fingerprint density at radius 1 is 0.857 bits per heavy atom. The molecule has 0 spiro atoms. The first kappa shape index (κ1) is 19.6. The SMILES string of the molecule is Cc1ccccc1[C@H](NC(=O)c1ccccc1NS(C)(=O)=O)c1ccccc1. The Morgan fingerprint density at radius 2 is 1.46 bits per heavy atom. The van der Waals surface area contributed by atoms with Crippen molar-refractivity contribution < 1.29 is 13.2 Å². The van der Waals surface area contributed by atoms with Crippen molar-refractivity contribution in [3.05, 3.63) is 101 Å². The predicted molar refractivity (Wildman–Crippen MR) is 112 cm³/mol. The van der Waals surface area contributed by atoms with Gasteiger partial charge in [0.05, 0.1) is 23.5 Å². The normalized spacial score (nSPS) is 12.2. The number of aryl methyl sites for hydroxylation is 1. The molecule has 0 heterocycles. The highest BCUT2D eigenvalue weighted by Gasteiger charge is 2.21. The zero-order valence-corrected chi connectivity index (χ0v) is 16.5. The average Bonchev–Trinajstić information content (AvgIpc) is 2.66. The number of anilines is 1. The minimum Gasteiger partial charge on any atom is -0.341 e. The van der Waals surface area contributed by atoms with E-state index in [2.05, 4.69) is 10.0 Å². The Bertz CT molecular complexity index is 1080. The van der Waals surface area contributed by atoms with Crippen molar-refractivity contribution in [2.75, 3.05) is 11.0 Å². The summed E-state index contributed by atoms with van der Waals surface area (Å²) in [5, 5.41) is 3.06. The highest BCUT2D eigenvalue weighted by atomic mass is 32.2. The van der Waals surface area contributed by atoms with E-state index < -0.39 is 10.0 Å². The number of rotatable bonds is 6. The zero-order valence-electron chi connectivity index (χ0n) is 15.7. The van der Waals surface area contributed by atoms with Gasteiger partial charge >= 0.3 is 0 Å². The Kier molecular flexibility index (Phi) is 5.80. The first-order valence-electron chi connectivity index (χ1n) is 8.83. The zero-order chi connectivity index (χ0) is 20.1. The van der Waals surface area contributed by atoms with Gasteiger partial charge in [-0.15, -0.1) is 0 Å². The Balaban J connectivity index is 1.99. The maximum Gasteiger partial charge on any atom is 0.254 e. The molecule has 0 aliphatic carbocycles. The van der Waals surface area contributed by atoms with E-state index >= 15 is 0 Å². The predicted octanol–water partition coefficient (Wildman–Crippen LogP) is 3.89. The van der Waals surface area contributed by atoms with Crippen molar-refractivity contribution in [2.45, 2.75) is 13.0 Å². The van der Waals surface area contributed by atoms with Crippen LogP contribution < -0.4 is 10.0 Å². The monoisotopic (exact) mass is 394 g/mol. The lowest BCUT2D eigenvalue weighted by molar-refractivity contribution is 0.0944. The summed E-state index contributed by atoms with van der Waals surface area (Å²) in [4.78, 5) is 13.1. The molecule has 0 radical (unpaired) electrons. The van der Waals surface area contributed by atoms with Crippen molar-refractivity contribution in [1.29, 1.82) is 0 Å². The van der Waals surface area contributed by atoms with Gasteiger partial charge in [-0.25, -0.2) is 8.42 Å². The van der Waals surface area contributed by atoms with Crippen LogP contribution in [0.25, 0.3) is 0 Å². The molecule has 0 aromatic heterocycles. The van der Waals surface area contributed by atoms with Crippen LogP contribution in [0.2, 0.25) is 0 Å². The Hall–Kier alpha value is -3.12. The third kappa shape index (κ3) is 4.78. The van der Waals surface area contributed by atoms with Gasteiger partial charge in [-0.1, -0.05) is 66.7 Å². The van der Waals surface area contributed by atoms with Gasteiger partial charge in [0.2, 0.25) is 10.0 Å². The van der Waals surface area contributed by atoms with Crippen molar-refractivity contribution >= 4 is 21.6 Å². The second-order valence-corrected chi connectivity index (χ2v) is 8.34. The smallest absolute Gasteiger partial charge is 0.254 e. The van der Waals surface area contributed by atoms with Gasteiger partial charge in [0.15, 0.2) is 0 Å². The molecule has 0 fully saturated rings. The van der Waals surface area contributed by atoms with Crippen LogP contribution in [0.5, 0.6) is 0 Å². The van der Waals surface area contributed by atoms with Crippen LogP contribution in [-0.2, 0) is 10.0 Å².